The minimum Gasteiger partial charge on any atom is -0.373 e. The summed E-state index contributed by atoms with van der Waals surface area (Å²) in [5, 5.41) is 6.91. The Bertz CT molecular complexity index is 518. The van der Waals surface area contributed by atoms with Crippen molar-refractivity contribution in [2.45, 2.75) is 57.8 Å². The third-order valence-corrected chi connectivity index (χ3v) is 4.56. The average Bonchev–Trinajstić information content (AvgIpc) is 3.12. The third-order valence-electron chi connectivity index (χ3n) is 4.56. The van der Waals surface area contributed by atoms with Gasteiger partial charge < -0.3 is 15.4 Å². The number of rotatable bonds is 5. The summed E-state index contributed by atoms with van der Waals surface area (Å²) in [4.78, 5) is 4.72. The van der Waals surface area contributed by atoms with Crippen molar-refractivity contribution in [1.29, 1.82) is 0 Å². The molecule has 1 aromatic rings. The SMILES string of the molecule is CCNC(=NCCc1ccc(C)cc1)NC1CC2CCC1O2.I. The predicted molar refractivity (Wildman–Crippen MR) is 106 cm³/mol. The van der Waals surface area contributed by atoms with Crippen LogP contribution in [-0.2, 0) is 11.2 Å². The van der Waals surface area contributed by atoms with Crippen LogP contribution in [0.2, 0.25) is 0 Å². The van der Waals surface area contributed by atoms with E-state index in [-0.39, 0.29) is 24.0 Å². The number of fused-ring (bicyclic) bond motifs is 2. The minimum absolute atomic E-state index is 0. The van der Waals surface area contributed by atoms with Gasteiger partial charge in [0.25, 0.3) is 0 Å². The molecular weight excluding hydrogens is 401 g/mol. The van der Waals surface area contributed by atoms with Crippen molar-refractivity contribution in [1.82, 2.24) is 10.6 Å². The molecule has 23 heavy (non-hydrogen) atoms. The lowest BCUT2D eigenvalue weighted by molar-refractivity contribution is 0.0992. The van der Waals surface area contributed by atoms with Crippen LogP contribution in [0.5, 0.6) is 0 Å². The monoisotopic (exact) mass is 429 g/mol. The molecule has 2 saturated heterocycles. The second kappa shape index (κ2) is 8.87. The first-order chi connectivity index (χ1) is 10.7. The minimum atomic E-state index is 0. The van der Waals surface area contributed by atoms with E-state index in [4.69, 9.17) is 9.73 Å². The quantitative estimate of drug-likeness (QED) is 0.430. The average molecular weight is 429 g/mol. The molecule has 3 rings (SSSR count). The maximum atomic E-state index is 5.90. The first-order valence-electron chi connectivity index (χ1n) is 8.50. The van der Waals surface area contributed by atoms with E-state index in [1.807, 2.05) is 0 Å². The van der Waals surface area contributed by atoms with Gasteiger partial charge in [-0.15, -0.1) is 24.0 Å². The highest BCUT2D eigenvalue weighted by molar-refractivity contribution is 14.0. The Labute approximate surface area is 156 Å². The van der Waals surface area contributed by atoms with Crippen LogP contribution in [0.15, 0.2) is 29.3 Å². The number of aliphatic imine (C=N–C) groups is 1. The van der Waals surface area contributed by atoms with Gasteiger partial charge in [0.15, 0.2) is 5.96 Å². The first-order valence-corrected chi connectivity index (χ1v) is 8.50. The fourth-order valence-electron chi connectivity index (χ4n) is 3.34. The number of benzene rings is 1. The number of guanidine groups is 1. The summed E-state index contributed by atoms with van der Waals surface area (Å²) in [5.41, 5.74) is 2.65. The van der Waals surface area contributed by atoms with Gasteiger partial charge in [0, 0.05) is 13.1 Å². The number of hydrogen-bond acceptors (Lipinski definition) is 2. The van der Waals surface area contributed by atoms with Gasteiger partial charge in [0.05, 0.1) is 18.2 Å². The van der Waals surface area contributed by atoms with Crippen molar-refractivity contribution in [2.75, 3.05) is 13.1 Å². The molecule has 5 heteroatoms. The highest BCUT2D eigenvalue weighted by Crippen LogP contribution is 2.34. The van der Waals surface area contributed by atoms with Crippen LogP contribution in [0.4, 0.5) is 0 Å². The van der Waals surface area contributed by atoms with Crippen LogP contribution in [0.3, 0.4) is 0 Å². The van der Waals surface area contributed by atoms with E-state index >= 15 is 0 Å². The van der Waals surface area contributed by atoms with Crippen molar-refractivity contribution in [3.63, 3.8) is 0 Å². The van der Waals surface area contributed by atoms with Gasteiger partial charge >= 0.3 is 0 Å². The number of halogens is 1. The maximum Gasteiger partial charge on any atom is 0.191 e. The van der Waals surface area contributed by atoms with Crippen LogP contribution in [0.1, 0.15) is 37.3 Å². The predicted octanol–water partition coefficient (Wildman–Crippen LogP) is 3.03. The molecule has 3 unspecified atom stereocenters. The van der Waals surface area contributed by atoms with Crippen molar-refractivity contribution in [2.24, 2.45) is 4.99 Å². The third kappa shape index (κ3) is 5.08. The van der Waals surface area contributed by atoms with Crippen LogP contribution in [0.25, 0.3) is 0 Å². The zero-order chi connectivity index (χ0) is 15.4. The molecule has 0 aliphatic carbocycles. The second-order valence-electron chi connectivity index (χ2n) is 6.36. The molecule has 0 aromatic heterocycles. The van der Waals surface area contributed by atoms with E-state index in [1.54, 1.807) is 0 Å². The summed E-state index contributed by atoms with van der Waals surface area (Å²) in [6.45, 7) is 5.92. The van der Waals surface area contributed by atoms with Crippen molar-refractivity contribution in [3.05, 3.63) is 35.4 Å². The largest absolute Gasteiger partial charge is 0.373 e. The first kappa shape index (κ1) is 18.5. The van der Waals surface area contributed by atoms with E-state index < -0.39 is 0 Å². The van der Waals surface area contributed by atoms with Gasteiger partial charge in [-0.3, -0.25) is 4.99 Å². The lowest BCUT2D eigenvalue weighted by Gasteiger charge is -2.22. The zero-order valence-electron chi connectivity index (χ0n) is 14.0. The molecule has 0 spiro atoms. The lowest BCUT2D eigenvalue weighted by atomic mass is 9.96. The number of nitrogens with zero attached hydrogens (tertiary/aromatic N) is 1. The Hall–Kier alpha value is -0.820. The van der Waals surface area contributed by atoms with E-state index in [1.165, 1.54) is 24.0 Å². The van der Waals surface area contributed by atoms with Gasteiger partial charge in [-0.2, -0.15) is 0 Å². The second-order valence-corrected chi connectivity index (χ2v) is 6.36. The number of nitrogens with one attached hydrogen (secondary N) is 2. The summed E-state index contributed by atoms with van der Waals surface area (Å²) in [6.07, 6.45) is 5.36. The Morgan fingerprint density at radius 1 is 1.26 bits per heavy atom. The van der Waals surface area contributed by atoms with Crippen LogP contribution >= 0.6 is 24.0 Å². The maximum absolute atomic E-state index is 5.90. The molecule has 2 aliphatic rings. The van der Waals surface area contributed by atoms with Gasteiger partial charge in [0.1, 0.15) is 0 Å². The molecule has 4 nitrogen and oxygen atoms in total. The number of ether oxygens (including phenoxy) is 1. The highest BCUT2D eigenvalue weighted by Gasteiger charge is 2.41. The Morgan fingerprint density at radius 3 is 2.65 bits per heavy atom. The molecule has 2 fully saturated rings. The van der Waals surface area contributed by atoms with Crippen molar-refractivity contribution < 1.29 is 4.74 Å². The summed E-state index contributed by atoms with van der Waals surface area (Å²) < 4.78 is 5.90. The van der Waals surface area contributed by atoms with E-state index in [2.05, 4.69) is 48.7 Å². The summed E-state index contributed by atoms with van der Waals surface area (Å²) in [6, 6.07) is 9.13. The van der Waals surface area contributed by atoms with Crippen molar-refractivity contribution >= 4 is 29.9 Å². The van der Waals surface area contributed by atoms with E-state index in [0.29, 0.717) is 18.2 Å². The molecule has 0 saturated carbocycles. The molecule has 1 aromatic carbocycles. The molecule has 2 heterocycles. The van der Waals surface area contributed by atoms with Gasteiger partial charge in [0.2, 0.25) is 0 Å². The smallest absolute Gasteiger partial charge is 0.191 e. The molecular formula is C18H28IN3O. The Morgan fingerprint density at radius 2 is 2.04 bits per heavy atom. The van der Waals surface area contributed by atoms with Gasteiger partial charge in [-0.25, -0.2) is 0 Å². The fraction of sp³-hybridized carbons (Fsp3) is 0.611. The normalized spacial score (nSPS) is 26.0. The molecule has 2 aliphatic heterocycles. The Kier molecular flexibility index (Phi) is 7.14. The van der Waals surface area contributed by atoms with Gasteiger partial charge in [-0.05, 0) is 45.1 Å². The summed E-state index contributed by atoms with van der Waals surface area (Å²) >= 11 is 0. The lowest BCUT2D eigenvalue weighted by Crippen LogP contribution is -2.47. The number of hydrogen-bond donors (Lipinski definition) is 2. The zero-order valence-corrected chi connectivity index (χ0v) is 16.4. The Balaban J connectivity index is 0.00000192. The number of aryl methyl sites for hydroxylation is 1. The molecule has 2 bridgehead atoms. The van der Waals surface area contributed by atoms with E-state index in [0.717, 1.165) is 31.9 Å². The molecule has 2 N–H and O–H groups in total. The van der Waals surface area contributed by atoms with Crippen LogP contribution < -0.4 is 10.6 Å². The van der Waals surface area contributed by atoms with Crippen LogP contribution in [-0.4, -0.2) is 37.3 Å². The molecule has 0 amide bonds. The highest BCUT2D eigenvalue weighted by atomic mass is 127. The van der Waals surface area contributed by atoms with Gasteiger partial charge in [-0.1, -0.05) is 29.8 Å². The van der Waals surface area contributed by atoms with Crippen LogP contribution in [0, 0.1) is 6.92 Å². The van der Waals surface area contributed by atoms with Crippen molar-refractivity contribution in [3.8, 4) is 0 Å². The summed E-state index contributed by atoms with van der Waals surface area (Å²) in [5.74, 6) is 0.927. The fourth-order valence-corrected chi connectivity index (χ4v) is 3.34. The molecule has 128 valence electrons. The van der Waals surface area contributed by atoms with E-state index in [9.17, 15) is 0 Å². The topological polar surface area (TPSA) is 45.7 Å². The molecule has 0 radical (unpaired) electrons. The standard InChI is InChI=1S/C18H27N3O.HI/c1-3-19-18(21-16-12-15-8-9-17(16)22-15)20-11-10-14-6-4-13(2)5-7-14;/h4-7,15-17H,3,8-12H2,1-2H3,(H2,19,20,21);1H. The summed E-state index contributed by atoms with van der Waals surface area (Å²) in [7, 11) is 0. The molecule has 3 atom stereocenters.